The molecule has 0 saturated carbocycles. The second kappa shape index (κ2) is 8.85. The number of rotatable bonds is 3. The Morgan fingerprint density at radius 1 is 1.06 bits per heavy atom. The van der Waals surface area contributed by atoms with Crippen LogP contribution in [-0.4, -0.2) is 67.1 Å². The lowest BCUT2D eigenvalue weighted by molar-refractivity contribution is -0.331. The van der Waals surface area contributed by atoms with Gasteiger partial charge >= 0.3 is 30.3 Å². The van der Waals surface area contributed by atoms with Gasteiger partial charge < -0.3 is 29.2 Å². The van der Waals surface area contributed by atoms with Crippen LogP contribution >= 0.6 is 0 Å². The maximum Gasteiger partial charge on any atom is 0.491 e. The summed E-state index contributed by atoms with van der Waals surface area (Å²) in [5, 5.41) is 2.43. The van der Waals surface area contributed by atoms with Crippen molar-refractivity contribution in [2.24, 2.45) is 0 Å². The molecule has 0 bridgehead atoms. The number of aromatic nitrogens is 1. The van der Waals surface area contributed by atoms with Gasteiger partial charge in [-0.1, -0.05) is 0 Å². The highest BCUT2D eigenvalue weighted by atomic mass is 19.4. The summed E-state index contributed by atoms with van der Waals surface area (Å²) in [5.41, 5.74) is 0.209. The van der Waals surface area contributed by atoms with Crippen LogP contribution in [0.2, 0.25) is 0 Å². The molecule has 1 saturated heterocycles. The molecule has 2 aliphatic heterocycles. The van der Waals surface area contributed by atoms with E-state index in [9.17, 15) is 35.9 Å². The molecule has 0 amide bonds. The Morgan fingerprint density at radius 2 is 1.61 bits per heavy atom. The van der Waals surface area contributed by atoms with Gasteiger partial charge in [0.15, 0.2) is 0 Å². The molecule has 2 atom stereocenters. The number of halogens is 6. The highest BCUT2D eigenvalue weighted by Gasteiger charge is 2.55. The topological polar surface area (TPSA) is 99.2 Å². The number of pyridine rings is 1. The summed E-state index contributed by atoms with van der Waals surface area (Å²) >= 11 is 0. The number of fused-ring (bicyclic) bond motifs is 1. The molecule has 2 aliphatic rings. The van der Waals surface area contributed by atoms with Crippen molar-refractivity contribution in [3.63, 3.8) is 0 Å². The van der Waals surface area contributed by atoms with Crippen molar-refractivity contribution in [2.45, 2.75) is 50.9 Å². The van der Waals surface area contributed by atoms with Crippen LogP contribution in [0.15, 0.2) is 12.1 Å². The predicted octanol–water partition coefficient (Wildman–Crippen LogP) is 2.04. The highest BCUT2D eigenvalue weighted by Crippen LogP contribution is 2.33. The first-order valence-corrected chi connectivity index (χ1v) is 9.59. The Bertz CT molecular complexity index is 871. The van der Waals surface area contributed by atoms with E-state index < -0.39 is 42.7 Å². The number of ether oxygens (including phenoxy) is 4. The quantitative estimate of drug-likeness (QED) is 0.390. The molecule has 1 aromatic heterocycles. The van der Waals surface area contributed by atoms with Crippen molar-refractivity contribution in [3.05, 3.63) is 17.7 Å². The smallest absolute Gasteiger partial charge is 0.401 e. The fourth-order valence-corrected chi connectivity index (χ4v) is 3.29. The summed E-state index contributed by atoms with van der Waals surface area (Å²) in [5.74, 6) is -9.46. The van der Waals surface area contributed by atoms with E-state index >= 15 is 0 Å². The lowest BCUT2D eigenvalue weighted by atomic mass is 10.2. The summed E-state index contributed by atoms with van der Waals surface area (Å²) in [6.45, 7) is 3.23. The van der Waals surface area contributed by atoms with E-state index in [1.54, 1.807) is 11.0 Å². The third-order valence-corrected chi connectivity index (χ3v) is 4.54. The van der Waals surface area contributed by atoms with E-state index in [4.69, 9.17) is 9.47 Å². The molecule has 3 heterocycles. The molecule has 0 aromatic carbocycles. The van der Waals surface area contributed by atoms with Crippen molar-refractivity contribution in [1.29, 1.82) is 0 Å². The maximum atomic E-state index is 12.8. The molecule has 0 unspecified atom stereocenters. The molecule has 9 nitrogen and oxygen atoms in total. The van der Waals surface area contributed by atoms with Crippen LogP contribution in [0.1, 0.15) is 19.4 Å². The zero-order valence-corrected chi connectivity index (χ0v) is 17.2. The number of nitrogens with one attached hydrogen (secondary N) is 1. The molecule has 1 N–H and O–H groups in total. The van der Waals surface area contributed by atoms with Gasteiger partial charge in [0.2, 0.25) is 5.88 Å². The number of hydrogen-bond donors (Lipinski definition) is 1. The summed E-state index contributed by atoms with van der Waals surface area (Å²) in [6, 6.07) is 3.05. The van der Waals surface area contributed by atoms with Gasteiger partial charge in [-0.15, -0.1) is 0 Å². The zero-order valence-electron chi connectivity index (χ0n) is 17.2. The van der Waals surface area contributed by atoms with E-state index in [2.05, 4.69) is 19.8 Å². The maximum absolute atomic E-state index is 12.8. The van der Waals surface area contributed by atoms with Gasteiger partial charge in [0.1, 0.15) is 12.4 Å². The van der Waals surface area contributed by atoms with Crippen LogP contribution in [-0.2, 0) is 30.3 Å². The van der Waals surface area contributed by atoms with E-state index in [0.29, 0.717) is 13.1 Å². The number of anilines is 1. The van der Waals surface area contributed by atoms with Crippen LogP contribution in [0.3, 0.4) is 0 Å². The lowest BCUT2D eigenvalue weighted by Gasteiger charge is -2.36. The molecule has 1 fully saturated rings. The number of alkyl halides is 6. The molecular formula is C18H19F6N3O6. The number of carbonyl (C=O) groups excluding carboxylic acids is 2. The first kappa shape index (κ1) is 24.8. The average Bonchev–Trinajstić information content (AvgIpc) is 2.84. The lowest BCUT2D eigenvalue weighted by Crippen LogP contribution is -2.55. The molecule has 33 heavy (non-hydrogen) atoms. The number of hydrogen-bond acceptors (Lipinski definition) is 9. The second-order valence-corrected chi connectivity index (χ2v) is 7.46. The highest BCUT2D eigenvalue weighted by molar-refractivity contribution is 5.78. The van der Waals surface area contributed by atoms with Crippen molar-refractivity contribution < 1.29 is 54.9 Å². The van der Waals surface area contributed by atoms with Gasteiger partial charge in [0, 0.05) is 25.2 Å². The van der Waals surface area contributed by atoms with E-state index in [1.165, 1.54) is 6.07 Å². The molecule has 0 spiro atoms. The number of esters is 2. The summed E-state index contributed by atoms with van der Waals surface area (Å²) in [4.78, 5) is 28.8. The SMILES string of the molecule is C[C@@H]1CN(c2ccc3c(n2)OC(OC(=O)C(F)(F)F)(OC(=O)C(F)(F)F)CNC3)C[C@H](C)O1. The van der Waals surface area contributed by atoms with Gasteiger partial charge in [0.05, 0.1) is 12.2 Å². The van der Waals surface area contributed by atoms with Crippen molar-refractivity contribution >= 4 is 17.8 Å². The molecule has 1 aromatic rings. The van der Waals surface area contributed by atoms with Crippen molar-refractivity contribution in [3.8, 4) is 5.88 Å². The first-order valence-electron chi connectivity index (χ1n) is 9.59. The second-order valence-electron chi connectivity index (χ2n) is 7.46. The number of carbonyl (C=O) groups is 2. The predicted molar refractivity (Wildman–Crippen MR) is 95.8 cm³/mol. The monoisotopic (exact) mass is 487 g/mol. The molecule has 184 valence electrons. The zero-order chi connectivity index (χ0) is 24.6. The molecule has 0 aliphatic carbocycles. The Labute approximate surface area is 182 Å². The van der Waals surface area contributed by atoms with Crippen LogP contribution in [0.5, 0.6) is 5.88 Å². The Kier molecular flexibility index (Phi) is 6.66. The first-order chi connectivity index (χ1) is 15.2. The number of morpholine rings is 1. The standard InChI is InChI=1S/C18H19F6N3O6/c1-9-6-27(7-10(2)30-9)12-4-3-11-5-25-8-16(31-13(11)26-12,32-14(28)17(19,20)21)33-15(29)18(22,23)24/h3-4,9-10,25H,5-8H2,1-2H3/t9-,10+. The molecule has 3 rings (SSSR count). The summed E-state index contributed by atoms with van der Waals surface area (Å²) in [6.07, 6.45) is -11.6. The Hall–Kier alpha value is -2.81. The van der Waals surface area contributed by atoms with Gasteiger partial charge in [-0.2, -0.15) is 31.3 Å². The summed E-state index contributed by atoms with van der Waals surface area (Å²) in [7, 11) is 0. The molecular weight excluding hydrogens is 468 g/mol. The normalized spacial score (nSPS) is 23.1. The van der Waals surface area contributed by atoms with Gasteiger partial charge in [-0.25, -0.2) is 9.59 Å². The third kappa shape index (κ3) is 5.96. The van der Waals surface area contributed by atoms with Crippen LogP contribution in [0.4, 0.5) is 32.2 Å². The molecule has 0 radical (unpaired) electrons. The third-order valence-electron chi connectivity index (χ3n) is 4.54. The largest absolute Gasteiger partial charge is 0.491 e. The number of nitrogens with zero attached hydrogens (tertiary/aromatic N) is 2. The van der Waals surface area contributed by atoms with Gasteiger partial charge in [-0.3, -0.25) is 0 Å². The van der Waals surface area contributed by atoms with Crippen LogP contribution in [0, 0.1) is 0 Å². The van der Waals surface area contributed by atoms with Gasteiger partial charge in [0.25, 0.3) is 0 Å². The minimum atomic E-state index is -5.61. The Morgan fingerprint density at radius 3 is 2.12 bits per heavy atom. The average molecular weight is 487 g/mol. The van der Waals surface area contributed by atoms with Crippen LogP contribution in [0.25, 0.3) is 0 Å². The van der Waals surface area contributed by atoms with Crippen molar-refractivity contribution in [2.75, 3.05) is 24.5 Å². The van der Waals surface area contributed by atoms with E-state index in [0.717, 1.165) is 0 Å². The van der Waals surface area contributed by atoms with E-state index in [1.807, 2.05) is 13.8 Å². The fraction of sp³-hybridized carbons (Fsp3) is 0.611. The van der Waals surface area contributed by atoms with Crippen LogP contribution < -0.4 is 15.0 Å². The minimum Gasteiger partial charge on any atom is -0.401 e. The van der Waals surface area contributed by atoms with E-state index in [-0.39, 0.29) is 30.1 Å². The van der Waals surface area contributed by atoms with Crippen molar-refractivity contribution in [1.82, 2.24) is 10.3 Å². The minimum absolute atomic E-state index is 0.145. The summed E-state index contributed by atoms with van der Waals surface area (Å²) < 4.78 is 95.6. The Balaban J connectivity index is 1.96. The fourth-order valence-electron chi connectivity index (χ4n) is 3.29. The molecule has 15 heteroatoms. The van der Waals surface area contributed by atoms with Gasteiger partial charge in [-0.05, 0) is 26.0 Å².